The fraction of sp³-hybridized carbons (Fsp3) is 0.429. The molecule has 1 aliphatic heterocycles. The maximum absolute atomic E-state index is 11.7. The van der Waals surface area contributed by atoms with Gasteiger partial charge < -0.3 is 5.32 Å². The molecule has 1 aromatic carbocycles. The lowest BCUT2D eigenvalue weighted by molar-refractivity contribution is 0.316. The fourth-order valence-electron chi connectivity index (χ4n) is 2.54. The standard InChI is InChI=1S/C14H18N4O2S2/c1-22(19,20)18-9-5-6-11(10-18)13-16-17-14(21-13)15-12-7-3-2-4-8-12/h2-4,7-8,11H,5-6,9-10H2,1H3,(H,15,17). The molecule has 2 aromatic rings. The molecule has 1 fully saturated rings. The lowest BCUT2D eigenvalue weighted by Gasteiger charge is -2.29. The molecule has 0 saturated carbocycles. The van der Waals surface area contributed by atoms with Crippen LogP contribution in [0.4, 0.5) is 10.8 Å². The highest BCUT2D eigenvalue weighted by atomic mass is 32.2. The summed E-state index contributed by atoms with van der Waals surface area (Å²) in [6.45, 7) is 1.10. The first-order chi connectivity index (χ1) is 10.5. The molecule has 1 aromatic heterocycles. The van der Waals surface area contributed by atoms with Crippen molar-refractivity contribution in [1.29, 1.82) is 0 Å². The van der Waals surface area contributed by atoms with Crippen molar-refractivity contribution >= 4 is 32.2 Å². The summed E-state index contributed by atoms with van der Waals surface area (Å²) in [5, 5.41) is 13.2. The molecule has 1 saturated heterocycles. The predicted octanol–water partition coefficient (Wildman–Crippen LogP) is 2.42. The van der Waals surface area contributed by atoms with Gasteiger partial charge in [-0.15, -0.1) is 10.2 Å². The van der Waals surface area contributed by atoms with E-state index in [4.69, 9.17) is 0 Å². The molecule has 3 rings (SSSR count). The summed E-state index contributed by atoms with van der Waals surface area (Å²) in [4.78, 5) is 0. The molecule has 1 aliphatic rings. The number of hydrogen-bond acceptors (Lipinski definition) is 6. The van der Waals surface area contributed by atoms with E-state index in [-0.39, 0.29) is 5.92 Å². The van der Waals surface area contributed by atoms with Gasteiger partial charge in [-0.25, -0.2) is 12.7 Å². The van der Waals surface area contributed by atoms with Gasteiger partial charge in [-0.2, -0.15) is 0 Å². The van der Waals surface area contributed by atoms with Crippen molar-refractivity contribution in [3.05, 3.63) is 35.3 Å². The third-order valence-corrected chi connectivity index (χ3v) is 5.94. The van der Waals surface area contributed by atoms with Crippen LogP contribution >= 0.6 is 11.3 Å². The van der Waals surface area contributed by atoms with E-state index in [1.54, 1.807) is 0 Å². The van der Waals surface area contributed by atoms with Crippen LogP contribution < -0.4 is 5.32 Å². The Labute approximate surface area is 134 Å². The van der Waals surface area contributed by atoms with Gasteiger partial charge in [0.25, 0.3) is 0 Å². The van der Waals surface area contributed by atoms with Gasteiger partial charge in [0.05, 0.1) is 6.26 Å². The molecule has 8 heteroatoms. The summed E-state index contributed by atoms with van der Waals surface area (Å²) < 4.78 is 24.9. The smallest absolute Gasteiger partial charge is 0.211 e. The number of benzene rings is 1. The highest BCUT2D eigenvalue weighted by Gasteiger charge is 2.28. The summed E-state index contributed by atoms with van der Waals surface area (Å²) in [6.07, 6.45) is 3.07. The lowest BCUT2D eigenvalue weighted by atomic mass is 10.0. The zero-order valence-electron chi connectivity index (χ0n) is 12.3. The number of rotatable bonds is 4. The molecule has 1 N–H and O–H groups in total. The van der Waals surface area contributed by atoms with Crippen molar-refractivity contribution in [3.63, 3.8) is 0 Å². The van der Waals surface area contributed by atoms with Crippen LogP contribution in [0.1, 0.15) is 23.8 Å². The largest absolute Gasteiger partial charge is 0.330 e. The van der Waals surface area contributed by atoms with E-state index in [0.717, 1.165) is 28.7 Å². The number of nitrogens with zero attached hydrogens (tertiary/aromatic N) is 3. The van der Waals surface area contributed by atoms with Gasteiger partial charge in [0.1, 0.15) is 5.01 Å². The van der Waals surface area contributed by atoms with E-state index in [0.29, 0.717) is 13.1 Å². The quantitative estimate of drug-likeness (QED) is 0.926. The third kappa shape index (κ3) is 3.63. The first-order valence-corrected chi connectivity index (χ1v) is 9.79. The second kappa shape index (κ2) is 6.31. The van der Waals surface area contributed by atoms with E-state index in [1.165, 1.54) is 21.9 Å². The van der Waals surface area contributed by atoms with Crippen molar-refractivity contribution in [2.24, 2.45) is 0 Å². The van der Waals surface area contributed by atoms with Crippen LogP contribution in [-0.4, -0.2) is 42.3 Å². The molecule has 118 valence electrons. The van der Waals surface area contributed by atoms with E-state index in [2.05, 4.69) is 15.5 Å². The molecule has 0 aliphatic carbocycles. The van der Waals surface area contributed by atoms with Crippen LogP contribution in [0.15, 0.2) is 30.3 Å². The Morgan fingerprint density at radius 1 is 1.27 bits per heavy atom. The minimum absolute atomic E-state index is 0.132. The number of piperidine rings is 1. The minimum atomic E-state index is -3.13. The summed E-state index contributed by atoms with van der Waals surface area (Å²) in [6, 6.07) is 9.80. The van der Waals surface area contributed by atoms with Crippen LogP contribution in [-0.2, 0) is 10.0 Å². The van der Waals surface area contributed by atoms with E-state index in [9.17, 15) is 8.42 Å². The van der Waals surface area contributed by atoms with Crippen LogP contribution in [0.3, 0.4) is 0 Å². The molecule has 0 spiro atoms. The Bertz CT molecular complexity index is 730. The molecule has 6 nitrogen and oxygen atoms in total. The summed E-state index contributed by atoms with van der Waals surface area (Å²) in [5.41, 5.74) is 0.964. The molecular weight excluding hydrogens is 320 g/mol. The summed E-state index contributed by atoms with van der Waals surface area (Å²) >= 11 is 1.49. The number of para-hydroxylation sites is 1. The average molecular weight is 338 g/mol. The Kier molecular flexibility index (Phi) is 4.42. The first-order valence-electron chi connectivity index (χ1n) is 7.13. The monoisotopic (exact) mass is 338 g/mol. The summed E-state index contributed by atoms with van der Waals surface area (Å²) in [5.74, 6) is 0.132. The normalized spacial score (nSPS) is 20.0. The number of nitrogens with one attached hydrogen (secondary N) is 1. The number of sulfonamides is 1. The second-order valence-electron chi connectivity index (χ2n) is 5.40. The molecule has 1 unspecified atom stereocenters. The zero-order chi connectivity index (χ0) is 15.6. The van der Waals surface area contributed by atoms with Crippen LogP contribution in [0.2, 0.25) is 0 Å². The topological polar surface area (TPSA) is 75.2 Å². The van der Waals surface area contributed by atoms with E-state index < -0.39 is 10.0 Å². The number of anilines is 2. The van der Waals surface area contributed by atoms with Crippen molar-refractivity contribution in [3.8, 4) is 0 Å². The molecule has 0 radical (unpaired) electrons. The molecule has 22 heavy (non-hydrogen) atoms. The molecule has 0 bridgehead atoms. The number of aromatic nitrogens is 2. The first kappa shape index (κ1) is 15.4. The van der Waals surface area contributed by atoms with Gasteiger partial charge in [-0.1, -0.05) is 29.5 Å². The Hall–Kier alpha value is -1.51. The SMILES string of the molecule is CS(=O)(=O)N1CCCC(c2nnc(Nc3ccccc3)s2)C1. The van der Waals surface area contributed by atoms with Crippen molar-refractivity contribution < 1.29 is 8.42 Å². The third-order valence-electron chi connectivity index (χ3n) is 3.67. The van der Waals surface area contributed by atoms with Crippen molar-refractivity contribution in [1.82, 2.24) is 14.5 Å². The van der Waals surface area contributed by atoms with Gasteiger partial charge in [0.15, 0.2) is 0 Å². The van der Waals surface area contributed by atoms with Gasteiger partial charge >= 0.3 is 0 Å². The van der Waals surface area contributed by atoms with Gasteiger partial charge in [0.2, 0.25) is 15.2 Å². The van der Waals surface area contributed by atoms with E-state index in [1.807, 2.05) is 30.3 Å². The highest BCUT2D eigenvalue weighted by molar-refractivity contribution is 7.88. The van der Waals surface area contributed by atoms with Gasteiger partial charge in [-0.3, -0.25) is 0 Å². The Balaban J connectivity index is 1.71. The van der Waals surface area contributed by atoms with Crippen LogP contribution in [0, 0.1) is 0 Å². The highest BCUT2D eigenvalue weighted by Crippen LogP contribution is 2.32. The Morgan fingerprint density at radius 3 is 2.77 bits per heavy atom. The second-order valence-corrected chi connectivity index (χ2v) is 8.39. The fourth-order valence-corrected chi connectivity index (χ4v) is 4.34. The van der Waals surface area contributed by atoms with Crippen LogP contribution in [0.25, 0.3) is 0 Å². The summed E-state index contributed by atoms with van der Waals surface area (Å²) in [7, 11) is -3.13. The minimum Gasteiger partial charge on any atom is -0.330 e. The number of hydrogen-bond donors (Lipinski definition) is 1. The predicted molar refractivity (Wildman–Crippen MR) is 88.0 cm³/mol. The van der Waals surface area contributed by atoms with E-state index >= 15 is 0 Å². The lowest BCUT2D eigenvalue weighted by Crippen LogP contribution is -2.38. The van der Waals surface area contributed by atoms with Gasteiger partial charge in [-0.05, 0) is 25.0 Å². The Morgan fingerprint density at radius 2 is 2.05 bits per heavy atom. The molecule has 1 atom stereocenters. The maximum atomic E-state index is 11.7. The molecule has 2 heterocycles. The zero-order valence-corrected chi connectivity index (χ0v) is 13.9. The van der Waals surface area contributed by atoms with Crippen LogP contribution in [0.5, 0.6) is 0 Å². The van der Waals surface area contributed by atoms with Crippen molar-refractivity contribution in [2.45, 2.75) is 18.8 Å². The van der Waals surface area contributed by atoms with Crippen molar-refractivity contribution in [2.75, 3.05) is 24.7 Å². The van der Waals surface area contributed by atoms with Gasteiger partial charge in [0, 0.05) is 24.7 Å². The maximum Gasteiger partial charge on any atom is 0.211 e. The molecule has 0 amide bonds. The average Bonchev–Trinajstić information content (AvgIpc) is 2.96. The molecular formula is C14H18N4O2S2.